The van der Waals surface area contributed by atoms with E-state index in [-0.39, 0.29) is 22.4 Å². The lowest BCUT2D eigenvalue weighted by atomic mass is 10.3. The molecule has 0 radical (unpaired) electrons. The highest BCUT2D eigenvalue weighted by atomic mass is 35.5. The number of rotatable bonds is 6. The minimum absolute atomic E-state index is 0.0585. The van der Waals surface area contributed by atoms with Crippen LogP contribution in [0.4, 0.5) is 5.00 Å². The van der Waals surface area contributed by atoms with Gasteiger partial charge in [0.25, 0.3) is 17.0 Å². The smallest absolute Gasteiger partial charge is 0.277 e. The Morgan fingerprint density at radius 1 is 1.33 bits per heavy atom. The van der Waals surface area contributed by atoms with E-state index < -0.39 is 5.91 Å². The van der Waals surface area contributed by atoms with Crippen LogP contribution in [0.1, 0.15) is 10.4 Å². The van der Waals surface area contributed by atoms with Crippen molar-refractivity contribution in [1.29, 1.82) is 0 Å². The maximum atomic E-state index is 12.0. The van der Waals surface area contributed by atoms with E-state index in [2.05, 4.69) is 15.5 Å². The second-order valence-corrected chi connectivity index (χ2v) is 7.90. The number of thiophene rings is 2. The van der Waals surface area contributed by atoms with Crippen molar-refractivity contribution < 1.29 is 14.0 Å². The van der Waals surface area contributed by atoms with Gasteiger partial charge in [-0.2, -0.15) is 0 Å². The molecule has 0 aliphatic heterocycles. The molecule has 3 aromatic rings. The summed E-state index contributed by atoms with van der Waals surface area (Å²) in [6.07, 6.45) is 0. The van der Waals surface area contributed by atoms with E-state index in [1.54, 1.807) is 23.6 Å². The molecule has 2 amide bonds. The van der Waals surface area contributed by atoms with E-state index in [4.69, 9.17) is 21.8 Å². The van der Waals surface area contributed by atoms with Gasteiger partial charge in [-0.05, 0) is 23.6 Å². The second-order valence-electron chi connectivity index (χ2n) is 4.34. The molecular formula is C13H9ClN4O3S3. The molecular weight excluding hydrogens is 392 g/mol. The number of anilines is 1. The van der Waals surface area contributed by atoms with Gasteiger partial charge in [-0.15, -0.1) is 32.9 Å². The fourth-order valence-electron chi connectivity index (χ4n) is 1.69. The van der Waals surface area contributed by atoms with Gasteiger partial charge in [0.15, 0.2) is 0 Å². The van der Waals surface area contributed by atoms with Gasteiger partial charge in [-0.25, -0.2) is 0 Å². The van der Waals surface area contributed by atoms with Crippen molar-refractivity contribution in [2.24, 2.45) is 5.73 Å². The van der Waals surface area contributed by atoms with Gasteiger partial charge >= 0.3 is 0 Å². The maximum Gasteiger partial charge on any atom is 0.277 e. The van der Waals surface area contributed by atoms with Gasteiger partial charge in [-0.1, -0.05) is 23.4 Å². The number of nitrogens with two attached hydrogens (primary N) is 1. The number of amides is 2. The lowest BCUT2D eigenvalue weighted by Crippen LogP contribution is -2.17. The number of nitrogens with zero attached hydrogens (tertiary/aromatic N) is 2. The third kappa shape index (κ3) is 3.96. The highest BCUT2D eigenvalue weighted by Gasteiger charge is 2.15. The van der Waals surface area contributed by atoms with Crippen LogP contribution in [0.5, 0.6) is 0 Å². The van der Waals surface area contributed by atoms with Crippen LogP contribution in [-0.4, -0.2) is 27.8 Å². The molecule has 0 bridgehead atoms. The van der Waals surface area contributed by atoms with Gasteiger partial charge in [-0.3, -0.25) is 9.59 Å². The van der Waals surface area contributed by atoms with Crippen molar-refractivity contribution in [1.82, 2.24) is 10.2 Å². The quantitative estimate of drug-likeness (QED) is 0.614. The first-order chi connectivity index (χ1) is 11.5. The third-order valence-corrected chi connectivity index (χ3v) is 5.57. The zero-order valence-electron chi connectivity index (χ0n) is 11.8. The van der Waals surface area contributed by atoms with Crippen molar-refractivity contribution in [3.63, 3.8) is 0 Å². The lowest BCUT2D eigenvalue weighted by molar-refractivity contribution is -0.113. The first kappa shape index (κ1) is 17.0. The second kappa shape index (κ2) is 7.34. The molecule has 0 unspecified atom stereocenters. The lowest BCUT2D eigenvalue weighted by Gasteiger charge is -2.02. The summed E-state index contributed by atoms with van der Waals surface area (Å²) < 4.78 is 6.09. The average Bonchev–Trinajstić information content (AvgIpc) is 3.24. The van der Waals surface area contributed by atoms with Gasteiger partial charge in [0, 0.05) is 0 Å². The normalized spacial score (nSPS) is 10.7. The molecule has 0 fully saturated rings. The van der Waals surface area contributed by atoms with E-state index in [9.17, 15) is 9.59 Å². The number of primary amides is 1. The van der Waals surface area contributed by atoms with Crippen LogP contribution in [0.25, 0.3) is 10.8 Å². The van der Waals surface area contributed by atoms with Crippen LogP contribution in [0.2, 0.25) is 4.34 Å². The minimum atomic E-state index is -0.588. The molecule has 0 spiro atoms. The zero-order valence-corrected chi connectivity index (χ0v) is 15.0. The summed E-state index contributed by atoms with van der Waals surface area (Å²) >= 11 is 9.51. The SMILES string of the molecule is NC(=O)c1ccsc1NC(=O)CSc1nnc(-c2ccc(Cl)s2)o1. The molecule has 0 saturated heterocycles. The molecule has 124 valence electrons. The van der Waals surface area contributed by atoms with Crippen LogP contribution in [0.15, 0.2) is 33.2 Å². The fraction of sp³-hybridized carbons (Fsp3) is 0.0769. The first-order valence-corrected chi connectivity index (χ1v) is 9.48. The zero-order chi connectivity index (χ0) is 17.1. The van der Waals surface area contributed by atoms with Crippen LogP contribution in [0.3, 0.4) is 0 Å². The largest absolute Gasteiger partial charge is 0.410 e. The van der Waals surface area contributed by atoms with Crippen molar-refractivity contribution in [2.45, 2.75) is 5.22 Å². The Labute approximate surface area is 153 Å². The molecule has 24 heavy (non-hydrogen) atoms. The van der Waals surface area contributed by atoms with E-state index in [1.807, 2.05) is 0 Å². The maximum absolute atomic E-state index is 12.0. The molecule has 3 aromatic heterocycles. The van der Waals surface area contributed by atoms with E-state index in [1.165, 1.54) is 22.7 Å². The monoisotopic (exact) mass is 400 g/mol. The summed E-state index contributed by atoms with van der Waals surface area (Å²) in [6.45, 7) is 0. The molecule has 3 heterocycles. The number of hydrogen-bond donors (Lipinski definition) is 2. The van der Waals surface area contributed by atoms with Gasteiger partial charge in [0.1, 0.15) is 5.00 Å². The molecule has 0 saturated carbocycles. The molecule has 11 heteroatoms. The van der Waals surface area contributed by atoms with Crippen molar-refractivity contribution in [3.8, 4) is 10.8 Å². The number of thioether (sulfide) groups is 1. The molecule has 7 nitrogen and oxygen atoms in total. The van der Waals surface area contributed by atoms with Gasteiger partial charge in [0.05, 0.1) is 20.5 Å². The molecule has 0 aliphatic rings. The average molecular weight is 401 g/mol. The number of halogens is 1. The summed E-state index contributed by atoms with van der Waals surface area (Å²) in [4.78, 5) is 23.9. The molecule has 0 aromatic carbocycles. The number of carbonyl (C=O) groups excluding carboxylic acids is 2. The Morgan fingerprint density at radius 2 is 2.17 bits per heavy atom. The minimum Gasteiger partial charge on any atom is -0.410 e. The highest BCUT2D eigenvalue weighted by Crippen LogP contribution is 2.31. The Balaban J connectivity index is 1.58. The number of hydrogen-bond acceptors (Lipinski definition) is 8. The summed E-state index contributed by atoms with van der Waals surface area (Å²) in [5.74, 6) is -0.480. The molecule has 0 aliphatic carbocycles. The van der Waals surface area contributed by atoms with E-state index in [0.29, 0.717) is 15.2 Å². The number of aromatic nitrogens is 2. The van der Waals surface area contributed by atoms with E-state index in [0.717, 1.165) is 16.6 Å². The standard InChI is InChI=1S/C13H9ClN4O3S3/c14-8-2-1-7(24-8)11-17-18-13(21-11)23-5-9(19)16-12-6(10(15)20)3-4-22-12/h1-4H,5H2,(H2,15,20)(H,16,19). The van der Waals surface area contributed by atoms with Gasteiger partial charge in [0.2, 0.25) is 5.91 Å². The summed E-state index contributed by atoms with van der Waals surface area (Å²) in [7, 11) is 0. The van der Waals surface area contributed by atoms with Gasteiger partial charge < -0.3 is 15.5 Å². The summed E-state index contributed by atoms with van der Waals surface area (Å²) in [5.41, 5.74) is 5.51. The highest BCUT2D eigenvalue weighted by molar-refractivity contribution is 7.99. The summed E-state index contributed by atoms with van der Waals surface area (Å²) in [5, 5.41) is 12.8. The topological polar surface area (TPSA) is 111 Å². The Hall–Kier alpha value is -1.88. The first-order valence-electron chi connectivity index (χ1n) is 6.42. The van der Waals surface area contributed by atoms with Crippen LogP contribution in [0, 0.1) is 0 Å². The van der Waals surface area contributed by atoms with Crippen molar-refractivity contribution in [2.75, 3.05) is 11.1 Å². The third-order valence-electron chi connectivity index (χ3n) is 2.70. The van der Waals surface area contributed by atoms with Crippen LogP contribution in [-0.2, 0) is 4.79 Å². The molecule has 0 atom stereocenters. The number of nitrogens with one attached hydrogen (secondary N) is 1. The number of carbonyl (C=O) groups is 2. The predicted octanol–water partition coefficient (Wildman–Crippen LogP) is 3.34. The van der Waals surface area contributed by atoms with Crippen LogP contribution >= 0.6 is 46.0 Å². The van der Waals surface area contributed by atoms with Crippen LogP contribution < -0.4 is 11.1 Å². The fourth-order valence-corrected chi connectivity index (χ4v) is 4.02. The van der Waals surface area contributed by atoms with Crippen molar-refractivity contribution in [3.05, 3.63) is 33.5 Å². The Bertz CT molecular complexity index is 889. The van der Waals surface area contributed by atoms with Crippen molar-refractivity contribution >= 4 is 62.9 Å². The summed E-state index contributed by atoms with van der Waals surface area (Å²) in [6, 6.07) is 5.08. The Kier molecular flexibility index (Phi) is 5.19. The predicted molar refractivity (Wildman–Crippen MR) is 94.8 cm³/mol. The Morgan fingerprint density at radius 3 is 2.88 bits per heavy atom. The van der Waals surface area contributed by atoms with E-state index >= 15 is 0 Å². The molecule has 3 N–H and O–H groups in total. The molecule has 3 rings (SSSR count).